The van der Waals surface area contributed by atoms with Crippen LogP contribution in [0, 0.1) is 17.6 Å². The lowest BCUT2D eigenvalue weighted by atomic mass is 10.1. The van der Waals surface area contributed by atoms with E-state index in [1.54, 1.807) is 4.90 Å². The van der Waals surface area contributed by atoms with Crippen molar-refractivity contribution in [3.63, 3.8) is 0 Å². The van der Waals surface area contributed by atoms with Crippen LogP contribution in [0.25, 0.3) is 0 Å². The van der Waals surface area contributed by atoms with Crippen LogP contribution in [-0.2, 0) is 4.79 Å². The number of halogens is 3. The molecule has 2 N–H and O–H groups in total. The molecule has 2 aromatic rings. The molecule has 1 amide bonds. The number of nitrogens with zero attached hydrogens (tertiary/aromatic N) is 1. The van der Waals surface area contributed by atoms with E-state index < -0.39 is 16.9 Å². The minimum Gasteiger partial charge on any atom is -0.341 e. The Kier molecular flexibility index (Phi) is 7.43. The molecule has 1 fully saturated rings. The fourth-order valence-electron chi connectivity index (χ4n) is 2.98. The van der Waals surface area contributed by atoms with E-state index in [1.807, 2.05) is 30.3 Å². The molecule has 0 aliphatic carbocycles. The summed E-state index contributed by atoms with van der Waals surface area (Å²) in [6.45, 7) is 1.85. The Morgan fingerprint density at radius 2 is 1.96 bits per heavy atom. The van der Waals surface area contributed by atoms with Gasteiger partial charge in [0.15, 0.2) is 0 Å². The Balaban J connectivity index is 0.00000243. The van der Waals surface area contributed by atoms with Gasteiger partial charge in [-0.2, -0.15) is 0 Å². The van der Waals surface area contributed by atoms with Crippen molar-refractivity contribution in [1.29, 1.82) is 0 Å². The van der Waals surface area contributed by atoms with Crippen LogP contribution in [0.4, 0.5) is 8.78 Å². The third-order valence-electron chi connectivity index (χ3n) is 4.40. The maximum absolute atomic E-state index is 14.1. The highest BCUT2D eigenvalue weighted by Crippen LogP contribution is 2.39. The maximum atomic E-state index is 14.1. The molecule has 0 radical (unpaired) electrons. The van der Waals surface area contributed by atoms with Gasteiger partial charge in [-0.3, -0.25) is 4.79 Å². The molecule has 7 heteroatoms. The summed E-state index contributed by atoms with van der Waals surface area (Å²) >= 11 is 1.12. The molecule has 26 heavy (non-hydrogen) atoms. The number of rotatable bonds is 5. The summed E-state index contributed by atoms with van der Waals surface area (Å²) in [4.78, 5) is 15.1. The first-order chi connectivity index (χ1) is 12.1. The first-order valence-corrected chi connectivity index (χ1v) is 9.12. The predicted molar refractivity (Wildman–Crippen MR) is 102 cm³/mol. The van der Waals surface area contributed by atoms with Gasteiger partial charge in [-0.1, -0.05) is 30.3 Å². The maximum Gasteiger partial charge on any atom is 0.240 e. The third kappa shape index (κ3) is 4.75. The topological polar surface area (TPSA) is 46.3 Å². The highest BCUT2D eigenvalue weighted by Gasteiger charge is 2.32. The van der Waals surface area contributed by atoms with E-state index in [2.05, 4.69) is 0 Å². The standard InChI is InChI=1S/C19H20F2N2OS.ClH/c20-15-6-7-17(16(21)10-15)25-18(14-4-2-1-3-5-14)19(24)23-9-8-13(11-22)12-23;/h1-7,10,13,18H,8-9,11-12,22H2;1H. The predicted octanol–water partition coefficient (Wildman–Crippen LogP) is 4.03. The summed E-state index contributed by atoms with van der Waals surface area (Å²) in [7, 11) is 0. The molecule has 0 spiro atoms. The molecule has 2 aromatic carbocycles. The zero-order chi connectivity index (χ0) is 17.8. The van der Waals surface area contributed by atoms with Crippen molar-refractivity contribution in [2.75, 3.05) is 19.6 Å². The number of carbonyl (C=O) groups is 1. The van der Waals surface area contributed by atoms with Crippen LogP contribution in [0.15, 0.2) is 53.4 Å². The molecular formula is C19H21ClF2N2OS. The van der Waals surface area contributed by atoms with E-state index in [-0.39, 0.29) is 23.2 Å². The molecule has 1 saturated heterocycles. The van der Waals surface area contributed by atoms with Crippen molar-refractivity contribution in [3.8, 4) is 0 Å². The molecule has 3 nitrogen and oxygen atoms in total. The normalized spacial score (nSPS) is 17.7. The highest BCUT2D eigenvalue weighted by atomic mass is 35.5. The Labute approximate surface area is 162 Å². The second-order valence-electron chi connectivity index (χ2n) is 6.16. The van der Waals surface area contributed by atoms with Gasteiger partial charge in [0.2, 0.25) is 5.91 Å². The van der Waals surface area contributed by atoms with E-state index in [4.69, 9.17) is 5.73 Å². The van der Waals surface area contributed by atoms with E-state index in [9.17, 15) is 13.6 Å². The van der Waals surface area contributed by atoms with Gasteiger partial charge >= 0.3 is 0 Å². The number of benzene rings is 2. The first kappa shape index (κ1) is 20.7. The zero-order valence-electron chi connectivity index (χ0n) is 14.1. The minimum absolute atomic E-state index is 0. The van der Waals surface area contributed by atoms with Crippen molar-refractivity contribution < 1.29 is 13.6 Å². The van der Waals surface area contributed by atoms with Crippen molar-refractivity contribution in [1.82, 2.24) is 4.90 Å². The lowest BCUT2D eigenvalue weighted by molar-refractivity contribution is -0.129. The van der Waals surface area contributed by atoms with E-state index >= 15 is 0 Å². The van der Waals surface area contributed by atoms with E-state index in [1.165, 1.54) is 12.1 Å². The highest BCUT2D eigenvalue weighted by molar-refractivity contribution is 8.00. The van der Waals surface area contributed by atoms with Crippen LogP contribution in [0.5, 0.6) is 0 Å². The fourth-order valence-corrected chi connectivity index (χ4v) is 4.09. The molecular weight excluding hydrogens is 378 g/mol. The summed E-state index contributed by atoms with van der Waals surface area (Å²) in [5.41, 5.74) is 6.52. The number of likely N-dealkylation sites (tertiary alicyclic amines) is 1. The molecule has 2 unspecified atom stereocenters. The number of amides is 1. The monoisotopic (exact) mass is 398 g/mol. The van der Waals surface area contributed by atoms with Crippen LogP contribution in [0.3, 0.4) is 0 Å². The molecule has 2 atom stereocenters. The van der Waals surface area contributed by atoms with Gasteiger partial charge in [0.25, 0.3) is 0 Å². The zero-order valence-corrected chi connectivity index (χ0v) is 15.7. The van der Waals surface area contributed by atoms with Crippen LogP contribution in [0.1, 0.15) is 17.2 Å². The average Bonchev–Trinajstić information content (AvgIpc) is 3.10. The van der Waals surface area contributed by atoms with E-state index in [0.29, 0.717) is 25.6 Å². The Hall–Kier alpha value is -1.63. The SMILES string of the molecule is Cl.NCC1CCN(C(=O)C(Sc2ccc(F)cc2F)c2ccccc2)C1. The summed E-state index contributed by atoms with van der Waals surface area (Å²) in [6.07, 6.45) is 0.888. The Morgan fingerprint density at radius 1 is 1.23 bits per heavy atom. The molecule has 1 aliphatic rings. The summed E-state index contributed by atoms with van der Waals surface area (Å²) in [5, 5.41) is -0.572. The van der Waals surface area contributed by atoms with Crippen LogP contribution >= 0.6 is 24.2 Å². The van der Waals surface area contributed by atoms with Crippen LogP contribution < -0.4 is 5.73 Å². The lowest BCUT2D eigenvalue weighted by Gasteiger charge is -2.24. The lowest BCUT2D eigenvalue weighted by Crippen LogP contribution is -2.33. The van der Waals surface area contributed by atoms with Gasteiger partial charge in [-0.25, -0.2) is 8.78 Å². The fraction of sp³-hybridized carbons (Fsp3) is 0.316. The van der Waals surface area contributed by atoms with Crippen LogP contribution in [-0.4, -0.2) is 30.4 Å². The largest absolute Gasteiger partial charge is 0.341 e. The number of hydrogen-bond donors (Lipinski definition) is 1. The molecule has 0 saturated carbocycles. The van der Waals surface area contributed by atoms with Gasteiger partial charge in [0, 0.05) is 24.1 Å². The van der Waals surface area contributed by atoms with Crippen LogP contribution in [0.2, 0.25) is 0 Å². The molecule has 3 rings (SSSR count). The Morgan fingerprint density at radius 3 is 2.58 bits per heavy atom. The molecule has 1 aliphatic heterocycles. The second-order valence-corrected chi connectivity index (χ2v) is 7.30. The number of hydrogen-bond acceptors (Lipinski definition) is 3. The molecule has 1 heterocycles. The van der Waals surface area contributed by atoms with Crippen molar-refractivity contribution >= 4 is 30.1 Å². The van der Waals surface area contributed by atoms with Gasteiger partial charge < -0.3 is 10.6 Å². The number of thioether (sulfide) groups is 1. The summed E-state index contributed by atoms with van der Waals surface area (Å²) in [5.74, 6) is -1.03. The smallest absolute Gasteiger partial charge is 0.240 e. The first-order valence-electron chi connectivity index (χ1n) is 8.24. The van der Waals surface area contributed by atoms with Gasteiger partial charge in [0.05, 0.1) is 0 Å². The van der Waals surface area contributed by atoms with Gasteiger partial charge in [-0.15, -0.1) is 24.2 Å². The van der Waals surface area contributed by atoms with Crippen molar-refractivity contribution in [3.05, 3.63) is 65.7 Å². The van der Waals surface area contributed by atoms with Gasteiger partial charge in [-0.05, 0) is 36.6 Å². The van der Waals surface area contributed by atoms with E-state index in [0.717, 1.165) is 29.8 Å². The molecule has 0 bridgehead atoms. The quantitative estimate of drug-likeness (QED) is 0.773. The van der Waals surface area contributed by atoms with Gasteiger partial charge in [0.1, 0.15) is 16.9 Å². The molecule has 0 aromatic heterocycles. The summed E-state index contributed by atoms with van der Waals surface area (Å²) < 4.78 is 27.2. The summed E-state index contributed by atoms with van der Waals surface area (Å²) in [6, 6.07) is 12.7. The average molecular weight is 399 g/mol. The number of nitrogens with two attached hydrogens (primary N) is 1. The third-order valence-corrected chi connectivity index (χ3v) is 5.69. The molecule has 140 valence electrons. The van der Waals surface area contributed by atoms with Crippen molar-refractivity contribution in [2.24, 2.45) is 11.7 Å². The Bertz CT molecular complexity index is 748. The number of carbonyl (C=O) groups excluding carboxylic acids is 1. The van der Waals surface area contributed by atoms with Crippen molar-refractivity contribution in [2.45, 2.75) is 16.6 Å². The second kappa shape index (κ2) is 9.35. The minimum atomic E-state index is -0.653.